The van der Waals surface area contributed by atoms with Crippen molar-refractivity contribution in [1.29, 1.82) is 0 Å². The maximum absolute atomic E-state index is 12.0. The fraction of sp³-hybridized carbons (Fsp3) is 0.158. The summed E-state index contributed by atoms with van der Waals surface area (Å²) in [5.74, 6) is 1.19. The second-order valence-corrected chi connectivity index (χ2v) is 5.44. The number of methoxy groups -OCH3 is 1. The number of carbonyl (C=O) groups is 1. The first-order valence-corrected chi connectivity index (χ1v) is 7.57. The molecule has 5 nitrogen and oxygen atoms in total. The van der Waals surface area contributed by atoms with Crippen LogP contribution in [0.25, 0.3) is 10.9 Å². The lowest BCUT2D eigenvalue weighted by atomic mass is 10.2. The summed E-state index contributed by atoms with van der Waals surface area (Å²) in [5.41, 5.74) is 2.52. The van der Waals surface area contributed by atoms with Crippen molar-refractivity contribution in [3.63, 3.8) is 0 Å². The maximum atomic E-state index is 12.0. The maximum Gasteiger partial charge on any atom is 0.262 e. The third-order valence-corrected chi connectivity index (χ3v) is 3.53. The van der Waals surface area contributed by atoms with Gasteiger partial charge < -0.3 is 14.8 Å². The summed E-state index contributed by atoms with van der Waals surface area (Å²) in [7, 11) is 1.62. The van der Waals surface area contributed by atoms with E-state index in [1.54, 1.807) is 13.3 Å². The Balaban J connectivity index is 1.64. The zero-order valence-electron chi connectivity index (χ0n) is 13.6. The summed E-state index contributed by atoms with van der Waals surface area (Å²) in [6.07, 6.45) is 1.62. The second-order valence-electron chi connectivity index (χ2n) is 5.44. The zero-order valence-corrected chi connectivity index (χ0v) is 13.6. The fourth-order valence-electron chi connectivity index (χ4n) is 2.35. The van der Waals surface area contributed by atoms with Gasteiger partial charge >= 0.3 is 0 Å². The first-order valence-electron chi connectivity index (χ1n) is 7.57. The van der Waals surface area contributed by atoms with E-state index >= 15 is 0 Å². The van der Waals surface area contributed by atoms with Crippen LogP contribution in [0.1, 0.15) is 5.56 Å². The average molecular weight is 322 g/mol. The van der Waals surface area contributed by atoms with E-state index in [0.717, 1.165) is 22.2 Å². The van der Waals surface area contributed by atoms with Crippen molar-refractivity contribution in [3.05, 3.63) is 60.3 Å². The van der Waals surface area contributed by atoms with Crippen molar-refractivity contribution in [3.8, 4) is 11.5 Å². The highest BCUT2D eigenvalue weighted by Gasteiger charge is 2.06. The molecule has 0 atom stereocenters. The summed E-state index contributed by atoms with van der Waals surface area (Å²) in [6.45, 7) is 1.92. The van der Waals surface area contributed by atoms with E-state index in [-0.39, 0.29) is 12.5 Å². The molecular formula is C19H18N2O3. The van der Waals surface area contributed by atoms with Crippen LogP contribution in [-0.4, -0.2) is 24.6 Å². The van der Waals surface area contributed by atoms with Crippen LogP contribution >= 0.6 is 0 Å². The molecular weight excluding hydrogens is 304 g/mol. The van der Waals surface area contributed by atoms with Crippen molar-refractivity contribution in [2.24, 2.45) is 0 Å². The fourth-order valence-corrected chi connectivity index (χ4v) is 2.35. The molecule has 122 valence electrons. The molecule has 1 N–H and O–H groups in total. The lowest BCUT2D eigenvalue weighted by molar-refractivity contribution is -0.118. The molecule has 1 heterocycles. The lowest BCUT2D eigenvalue weighted by Gasteiger charge is -2.09. The van der Waals surface area contributed by atoms with E-state index in [2.05, 4.69) is 10.3 Å². The van der Waals surface area contributed by atoms with E-state index in [9.17, 15) is 4.79 Å². The third-order valence-electron chi connectivity index (χ3n) is 3.53. The summed E-state index contributed by atoms with van der Waals surface area (Å²) in [6, 6.07) is 15.1. The largest absolute Gasteiger partial charge is 0.497 e. The van der Waals surface area contributed by atoms with Crippen molar-refractivity contribution in [2.45, 2.75) is 6.92 Å². The number of pyridine rings is 1. The van der Waals surface area contributed by atoms with E-state index in [1.165, 1.54) is 0 Å². The molecule has 1 amide bonds. The zero-order chi connectivity index (χ0) is 16.9. The number of benzene rings is 2. The molecule has 0 radical (unpaired) electrons. The number of amides is 1. The second kappa shape index (κ2) is 7.00. The summed E-state index contributed by atoms with van der Waals surface area (Å²) in [5, 5.41) is 3.71. The Labute approximate surface area is 140 Å². The number of aryl methyl sites for hydroxylation is 1. The van der Waals surface area contributed by atoms with Gasteiger partial charge in [0.1, 0.15) is 11.5 Å². The Hall–Kier alpha value is -3.08. The molecule has 24 heavy (non-hydrogen) atoms. The number of nitrogens with one attached hydrogen (secondary N) is 1. The highest BCUT2D eigenvalue weighted by atomic mass is 16.5. The van der Waals surface area contributed by atoms with Crippen LogP contribution in [0.15, 0.2) is 54.7 Å². The van der Waals surface area contributed by atoms with Crippen molar-refractivity contribution >= 4 is 22.5 Å². The molecule has 0 bridgehead atoms. The molecule has 0 spiro atoms. The minimum Gasteiger partial charge on any atom is -0.497 e. The molecule has 3 rings (SSSR count). The van der Waals surface area contributed by atoms with Gasteiger partial charge in [-0.2, -0.15) is 0 Å². The number of fused-ring (bicyclic) bond motifs is 1. The molecule has 0 saturated heterocycles. The SMILES string of the molecule is COc1ccc2cc(NC(=O)COc3cccc(C)c3)cnc2c1. The van der Waals surface area contributed by atoms with Crippen molar-refractivity contribution in [1.82, 2.24) is 4.98 Å². The Morgan fingerprint density at radius 1 is 1.12 bits per heavy atom. The van der Waals surface area contributed by atoms with Crippen LogP contribution in [0.2, 0.25) is 0 Å². The summed E-state index contributed by atoms with van der Waals surface area (Å²) in [4.78, 5) is 16.4. The van der Waals surface area contributed by atoms with Crippen LogP contribution in [0.4, 0.5) is 5.69 Å². The van der Waals surface area contributed by atoms with Gasteiger partial charge in [-0.25, -0.2) is 0 Å². The highest BCUT2D eigenvalue weighted by Crippen LogP contribution is 2.21. The Kier molecular flexibility index (Phi) is 4.61. The molecule has 0 saturated carbocycles. The average Bonchev–Trinajstić information content (AvgIpc) is 2.59. The summed E-state index contributed by atoms with van der Waals surface area (Å²) < 4.78 is 10.7. The van der Waals surface area contributed by atoms with Gasteiger partial charge in [0, 0.05) is 11.5 Å². The van der Waals surface area contributed by atoms with Gasteiger partial charge in [0.05, 0.1) is 24.5 Å². The molecule has 0 aliphatic rings. The molecule has 2 aromatic carbocycles. The number of aromatic nitrogens is 1. The minimum atomic E-state index is -0.230. The van der Waals surface area contributed by atoms with Gasteiger partial charge in [-0.15, -0.1) is 0 Å². The molecule has 3 aromatic rings. The van der Waals surface area contributed by atoms with Crippen LogP contribution in [0, 0.1) is 6.92 Å². The number of anilines is 1. The number of rotatable bonds is 5. The van der Waals surface area contributed by atoms with Crippen molar-refractivity contribution < 1.29 is 14.3 Å². The minimum absolute atomic E-state index is 0.0515. The topological polar surface area (TPSA) is 60.5 Å². The van der Waals surface area contributed by atoms with Gasteiger partial charge in [-0.1, -0.05) is 12.1 Å². The number of ether oxygens (including phenoxy) is 2. The van der Waals surface area contributed by atoms with Gasteiger partial charge in [0.2, 0.25) is 0 Å². The van der Waals surface area contributed by atoms with Gasteiger partial charge in [-0.05, 0) is 42.8 Å². The van der Waals surface area contributed by atoms with E-state index in [1.807, 2.05) is 55.5 Å². The predicted molar refractivity (Wildman–Crippen MR) is 93.6 cm³/mol. The van der Waals surface area contributed by atoms with Crippen LogP contribution in [0.5, 0.6) is 11.5 Å². The Morgan fingerprint density at radius 3 is 2.79 bits per heavy atom. The Morgan fingerprint density at radius 2 is 2.00 bits per heavy atom. The van der Waals surface area contributed by atoms with E-state index in [4.69, 9.17) is 9.47 Å². The van der Waals surface area contributed by atoms with E-state index in [0.29, 0.717) is 11.4 Å². The third kappa shape index (κ3) is 3.81. The monoisotopic (exact) mass is 322 g/mol. The Bertz CT molecular complexity index is 877. The molecule has 0 aliphatic heterocycles. The predicted octanol–water partition coefficient (Wildman–Crippen LogP) is 3.57. The summed E-state index contributed by atoms with van der Waals surface area (Å²) >= 11 is 0. The normalized spacial score (nSPS) is 10.4. The standard InChI is InChI=1S/C19H18N2O3/c1-13-4-3-5-17(8-13)24-12-19(22)21-15-9-14-6-7-16(23-2)10-18(14)20-11-15/h3-11H,12H2,1-2H3,(H,21,22). The van der Waals surface area contributed by atoms with Gasteiger partial charge in [0.15, 0.2) is 6.61 Å². The first-order chi connectivity index (χ1) is 11.6. The first kappa shape index (κ1) is 15.8. The van der Waals surface area contributed by atoms with Gasteiger partial charge in [-0.3, -0.25) is 9.78 Å². The molecule has 1 aromatic heterocycles. The van der Waals surface area contributed by atoms with E-state index < -0.39 is 0 Å². The lowest BCUT2D eigenvalue weighted by Crippen LogP contribution is -2.20. The molecule has 5 heteroatoms. The number of hydrogen-bond donors (Lipinski definition) is 1. The number of carbonyl (C=O) groups excluding carboxylic acids is 1. The van der Waals surface area contributed by atoms with Crippen LogP contribution in [0.3, 0.4) is 0 Å². The van der Waals surface area contributed by atoms with Gasteiger partial charge in [0.25, 0.3) is 5.91 Å². The van der Waals surface area contributed by atoms with Crippen molar-refractivity contribution in [2.75, 3.05) is 19.0 Å². The highest BCUT2D eigenvalue weighted by molar-refractivity contribution is 5.94. The quantitative estimate of drug-likeness (QED) is 0.780. The van der Waals surface area contributed by atoms with Crippen LogP contribution in [-0.2, 0) is 4.79 Å². The molecule has 0 aliphatic carbocycles. The molecule has 0 unspecified atom stereocenters. The number of hydrogen-bond acceptors (Lipinski definition) is 4. The molecule has 0 fully saturated rings. The smallest absolute Gasteiger partial charge is 0.262 e. The number of nitrogens with zero attached hydrogens (tertiary/aromatic N) is 1. The van der Waals surface area contributed by atoms with Crippen LogP contribution < -0.4 is 14.8 Å².